The molecule has 0 nitrogen and oxygen atoms in total. The van der Waals surface area contributed by atoms with Gasteiger partial charge >= 0.3 is 0 Å². The van der Waals surface area contributed by atoms with Crippen molar-refractivity contribution in [3.8, 4) is 0 Å². The van der Waals surface area contributed by atoms with Crippen LogP contribution < -0.4 is 0 Å². The Balaban J connectivity index is 4.74. The molecule has 0 rings (SSSR count). The highest BCUT2D eigenvalue weighted by molar-refractivity contribution is 7.81. The molecule has 0 amide bonds. The molecular formula is C14H30S. The summed E-state index contributed by atoms with van der Waals surface area (Å²) in [5.41, 5.74) is 0.459. The Morgan fingerprint density at radius 2 is 1.33 bits per heavy atom. The summed E-state index contributed by atoms with van der Waals surface area (Å²) in [6.45, 7) is 13.9. The molecule has 0 aromatic heterocycles. The second-order valence-electron chi connectivity index (χ2n) is 5.84. The van der Waals surface area contributed by atoms with E-state index in [1.165, 1.54) is 25.7 Å². The van der Waals surface area contributed by atoms with Crippen LogP contribution in [0.25, 0.3) is 0 Å². The second-order valence-corrected chi connectivity index (χ2v) is 6.46. The largest absolute Gasteiger partial charge is 0.175 e. The van der Waals surface area contributed by atoms with Crippen LogP contribution in [-0.2, 0) is 0 Å². The van der Waals surface area contributed by atoms with Gasteiger partial charge in [-0.25, -0.2) is 0 Å². The van der Waals surface area contributed by atoms with Crippen molar-refractivity contribution in [1.82, 2.24) is 0 Å². The Labute approximate surface area is 103 Å². The molecule has 0 aliphatic carbocycles. The minimum Gasteiger partial charge on any atom is -0.175 e. The molecule has 0 heterocycles. The monoisotopic (exact) mass is 230 g/mol. The minimum absolute atomic E-state index is 0.459. The van der Waals surface area contributed by atoms with Crippen LogP contribution in [0.2, 0.25) is 0 Å². The molecule has 0 fully saturated rings. The van der Waals surface area contributed by atoms with Crippen LogP contribution in [0, 0.1) is 17.3 Å². The standard InChI is InChI=1S/C14H30S/c1-7-13(15)14(8-2,9-11(3)4)10-12(5)6/h11-13,15H,7-10H2,1-6H3. The number of thiol groups is 1. The van der Waals surface area contributed by atoms with Gasteiger partial charge in [-0.05, 0) is 42.9 Å². The molecule has 0 spiro atoms. The maximum atomic E-state index is 4.84. The number of hydrogen-bond acceptors (Lipinski definition) is 1. The topological polar surface area (TPSA) is 0 Å². The van der Waals surface area contributed by atoms with E-state index < -0.39 is 0 Å². The summed E-state index contributed by atoms with van der Waals surface area (Å²) in [6.07, 6.45) is 5.11. The predicted molar refractivity (Wildman–Crippen MR) is 74.7 cm³/mol. The average Bonchev–Trinajstić information content (AvgIpc) is 2.13. The third-order valence-electron chi connectivity index (χ3n) is 3.43. The van der Waals surface area contributed by atoms with Crippen LogP contribution in [0.5, 0.6) is 0 Å². The summed E-state index contributed by atoms with van der Waals surface area (Å²) in [5.74, 6) is 1.56. The van der Waals surface area contributed by atoms with Crippen molar-refractivity contribution in [2.24, 2.45) is 17.3 Å². The zero-order chi connectivity index (χ0) is 12.1. The van der Waals surface area contributed by atoms with E-state index in [1.54, 1.807) is 0 Å². The molecule has 92 valence electrons. The Hall–Kier alpha value is 0.350. The van der Waals surface area contributed by atoms with E-state index in [4.69, 9.17) is 12.6 Å². The first-order valence-corrected chi connectivity index (χ1v) is 7.07. The van der Waals surface area contributed by atoms with Crippen LogP contribution in [0.3, 0.4) is 0 Å². The minimum atomic E-state index is 0.459. The van der Waals surface area contributed by atoms with E-state index in [9.17, 15) is 0 Å². The third kappa shape index (κ3) is 4.80. The van der Waals surface area contributed by atoms with E-state index in [-0.39, 0.29) is 0 Å². The van der Waals surface area contributed by atoms with E-state index in [0.29, 0.717) is 10.7 Å². The van der Waals surface area contributed by atoms with Gasteiger partial charge in [-0.1, -0.05) is 41.5 Å². The highest BCUT2D eigenvalue weighted by Gasteiger charge is 2.35. The molecule has 15 heavy (non-hydrogen) atoms. The lowest BCUT2D eigenvalue weighted by Crippen LogP contribution is -2.34. The van der Waals surface area contributed by atoms with Gasteiger partial charge in [-0.15, -0.1) is 0 Å². The summed E-state index contributed by atoms with van der Waals surface area (Å²) in [5, 5.41) is 0.562. The van der Waals surface area contributed by atoms with Gasteiger partial charge in [0.1, 0.15) is 0 Å². The summed E-state index contributed by atoms with van der Waals surface area (Å²) in [4.78, 5) is 0. The number of rotatable bonds is 7. The molecule has 1 atom stereocenters. The normalized spacial score (nSPS) is 15.0. The molecule has 0 aromatic rings. The second kappa shape index (κ2) is 6.83. The molecule has 1 unspecified atom stereocenters. The molecule has 0 saturated carbocycles. The lowest BCUT2D eigenvalue weighted by Gasteiger charge is -2.40. The average molecular weight is 230 g/mol. The van der Waals surface area contributed by atoms with Crippen LogP contribution in [0.15, 0.2) is 0 Å². The Morgan fingerprint density at radius 3 is 1.53 bits per heavy atom. The van der Waals surface area contributed by atoms with Crippen molar-refractivity contribution < 1.29 is 0 Å². The molecule has 0 saturated heterocycles. The number of hydrogen-bond donors (Lipinski definition) is 1. The van der Waals surface area contributed by atoms with Gasteiger partial charge in [-0.2, -0.15) is 12.6 Å². The highest BCUT2D eigenvalue weighted by atomic mass is 32.1. The first-order valence-electron chi connectivity index (χ1n) is 6.56. The Morgan fingerprint density at radius 1 is 0.933 bits per heavy atom. The molecule has 0 aliphatic rings. The smallest absolute Gasteiger partial charge is 0.00707 e. The van der Waals surface area contributed by atoms with Gasteiger partial charge in [-0.3, -0.25) is 0 Å². The Kier molecular flexibility index (Phi) is 6.99. The van der Waals surface area contributed by atoms with Crippen LogP contribution in [0.1, 0.15) is 67.2 Å². The van der Waals surface area contributed by atoms with Crippen molar-refractivity contribution in [2.45, 2.75) is 72.5 Å². The SMILES string of the molecule is CCC(S)C(CC)(CC(C)C)CC(C)C. The first kappa shape index (κ1) is 15.3. The van der Waals surface area contributed by atoms with E-state index in [1.807, 2.05) is 0 Å². The third-order valence-corrected chi connectivity index (χ3v) is 4.34. The molecule has 1 heteroatoms. The van der Waals surface area contributed by atoms with E-state index >= 15 is 0 Å². The fourth-order valence-corrected chi connectivity index (χ4v) is 3.33. The quantitative estimate of drug-likeness (QED) is 0.572. The van der Waals surface area contributed by atoms with Crippen LogP contribution >= 0.6 is 12.6 Å². The van der Waals surface area contributed by atoms with E-state index in [2.05, 4.69) is 41.5 Å². The zero-order valence-electron chi connectivity index (χ0n) is 11.5. The van der Waals surface area contributed by atoms with E-state index in [0.717, 1.165) is 11.8 Å². The van der Waals surface area contributed by atoms with Gasteiger partial charge in [0.2, 0.25) is 0 Å². The predicted octanol–water partition coefficient (Wildman–Crippen LogP) is 5.18. The summed E-state index contributed by atoms with van der Waals surface area (Å²) in [7, 11) is 0. The molecule has 0 aromatic carbocycles. The van der Waals surface area contributed by atoms with Crippen molar-refractivity contribution in [2.75, 3.05) is 0 Å². The fraction of sp³-hybridized carbons (Fsp3) is 1.00. The van der Waals surface area contributed by atoms with Crippen molar-refractivity contribution in [3.63, 3.8) is 0 Å². The van der Waals surface area contributed by atoms with Crippen LogP contribution in [-0.4, -0.2) is 5.25 Å². The summed E-state index contributed by atoms with van der Waals surface area (Å²) < 4.78 is 0. The lowest BCUT2D eigenvalue weighted by atomic mass is 9.69. The molecule has 0 N–H and O–H groups in total. The molecule has 0 aliphatic heterocycles. The Bertz CT molecular complexity index is 151. The summed E-state index contributed by atoms with van der Waals surface area (Å²) in [6, 6.07) is 0. The van der Waals surface area contributed by atoms with Crippen molar-refractivity contribution in [3.05, 3.63) is 0 Å². The van der Waals surface area contributed by atoms with Gasteiger partial charge in [0.25, 0.3) is 0 Å². The van der Waals surface area contributed by atoms with Crippen molar-refractivity contribution in [1.29, 1.82) is 0 Å². The first-order chi connectivity index (χ1) is 6.88. The zero-order valence-corrected chi connectivity index (χ0v) is 12.4. The van der Waals surface area contributed by atoms with Gasteiger partial charge in [0.05, 0.1) is 0 Å². The van der Waals surface area contributed by atoms with Gasteiger partial charge in [0.15, 0.2) is 0 Å². The highest BCUT2D eigenvalue weighted by Crippen LogP contribution is 2.43. The van der Waals surface area contributed by atoms with Crippen LogP contribution in [0.4, 0.5) is 0 Å². The van der Waals surface area contributed by atoms with Gasteiger partial charge < -0.3 is 0 Å². The maximum Gasteiger partial charge on any atom is 0.00707 e. The summed E-state index contributed by atoms with van der Waals surface area (Å²) >= 11 is 4.84. The molecular weight excluding hydrogens is 200 g/mol. The fourth-order valence-electron chi connectivity index (χ4n) is 2.94. The maximum absolute atomic E-state index is 4.84. The molecule has 0 radical (unpaired) electrons. The lowest BCUT2D eigenvalue weighted by molar-refractivity contribution is 0.164. The van der Waals surface area contributed by atoms with Crippen molar-refractivity contribution >= 4 is 12.6 Å². The molecule has 0 bridgehead atoms. The van der Waals surface area contributed by atoms with Gasteiger partial charge in [0, 0.05) is 5.25 Å².